The summed E-state index contributed by atoms with van der Waals surface area (Å²) in [4.78, 5) is 33.5. The average molecular weight is 258 g/mol. The van der Waals surface area contributed by atoms with Gasteiger partial charge in [0, 0.05) is 5.92 Å². The van der Waals surface area contributed by atoms with Gasteiger partial charge in [0.05, 0.1) is 6.42 Å². The van der Waals surface area contributed by atoms with Gasteiger partial charge in [0.1, 0.15) is 11.1 Å². The van der Waals surface area contributed by atoms with Crippen LogP contribution in [0, 0.1) is 5.92 Å². The number of carbonyl (C=O) groups excluding carboxylic acids is 2. The van der Waals surface area contributed by atoms with Gasteiger partial charge in [-0.25, -0.2) is 4.79 Å². The molecule has 0 radical (unpaired) electrons. The zero-order valence-corrected chi connectivity index (χ0v) is 10.6. The number of rotatable bonds is 4. The molecule has 7 nitrogen and oxygen atoms in total. The maximum absolute atomic E-state index is 11.6. The van der Waals surface area contributed by atoms with Crippen LogP contribution in [0.4, 0.5) is 4.79 Å². The second-order valence-electron chi connectivity index (χ2n) is 5.46. The van der Waals surface area contributed by atoms with E-state index in [4.69, 9.17) is 15.6 Å². The van der Waals surface area contributed by atoms with Gasteiger partial charge in [0.25, 0.3) is 0 Å². The van der Waals surface area contributed by atoms with Crippen molar-refractivity contribution in [3.63, 3.8) is 0 Å². The molecule has 2 atom stereocenters. The minimum absolute atomic E-state index is 0.210. The summed E-state index contributed by atoms with van der Waals surface area (Å²) in [6.45, 7) is 5.06. The van der Waals surface area contributed by atoms with Crippen molar-refractivity contribution in [1.29, 1.82) is 0 Å². The molecule has 2 amide bonds. The van der Waals surface area contributed by atoms with E-state index in [2.05, 4.69) is 5.32 Å². The first-order valence-corrected chi connectivity index (χ1v) is 5.60. The van der Waals surface area contributed by atoms with Crippen molar-refractivity contribution in [3.05, 3.63) is 0 Å². The highest BCUT2D eigenvalue weighted by Gasteiger charge is 2.61. The summed E-state index contributed by atoms with van der Waals surface area (Å²) in [7, 11) is 0. The minimum Gasteiger partial charge on any atom is -0.481 e. The molecule has 0 spiro atoms. The van der Waals surface area contributed by atoms with Crippen molar-refractivity contribution >= 4 is 18.0 Å². The van der Waals surface area contributed by atoms with Crippen LogP contribution >= 0.6 is 0 Å². The highest BCUT2D eigenvalue weighted by atomic mass is 16.6. The molecule has 0 aliphatic heterocycles. The lowest BCUT2D eigenvalue weighted by Crippen LogP contribution is -2.50. The number of primary amides is 1. The Kier molecular flexibility index (Phi) is 3.54. The Morgan fingerprint density at radius 2 is 2.00 bits per heavy atom. The molecule has 1 saturated carbocycles. The molecule has 0 saturated heterocycles. The summed E-state index contributed by atoms with van der Waals surface area (Å²) in [6.07, 6.45) is -0.749. The topological polar surface area (TPSA) is 119 Å². The Hall–Kier alpha value is -1.79. The second kappa shape index (κ2) is 4.47. The van der Waals surface area contributed by atoms with E-state index in [1.54, 1.807) is 20.8 Å². The lowest BCUT2D eigenvalue weighted by Gasteiger charge is -2.22. The Balaban J connectivity index is 2.65. The summed E-state index contributed by atoms with van der Waals surface area (Å²) in [5, 5.41) is 11.0. The Morgan fingerprint density at radius 3 is 2.39 bits per heavy atom. The van der Waals surface area contributed by atoms with Crippen LogP contribution in [-0.2, 0) is 14.3 Å². The van der Waals surface area contributed by atoms with Gasteiger partial charge in [-0.05, 0) is 27.2 Å². The monoisotopic (exact) mass is 258 g/mol. The minimum atomic E-state index is -1.28. The normalized spacial score (nSPS) is 26.3. The SMILES string of the molecule is CC(C)(C)OC(=O)N[C@]1(C(N)=O)C[C@H]1CC(=O)O. The number of nitrogens with one attached hydrogen (secondary N) is 1. The number of hydrogen-bond acceptors (Lipinski definition) is 4. The van der Waals surface area contributed by atoms with E-state index in [0.717, 1.165) is 0 Å². The van der Waals surface area contributed by atoms with Crippen LogP contribution in [-0.4, -0.2) is 34.2 Å². The highest BCUT2D eigenvalue weighted by Crippen LogP contribution is 2.45. The molecule has 18 heavy (non-hydrogen) atoms. The van der Waals surface area contributed by atoms with Crippen molar-refractivity contribution < 1.29 is 24.2 Å². The summed E-state index contributed by atoms with van der Waals surface area (Å²) in [5.41, 5.74) is 3.24. The van der Waals surface area contributed by atoms with Gasteiger partial charge in [0.15, 0.2) is 0 Å². The van der Waals surface area contributed by atoms with Crippen LogP contribution < -0.4 is 11.1 Å². The van der Waals surface area contributed by atoms with E-state index in [0.29, 0.717) is 0 Å². The molecule has 0 bridgehead atoms. The van der Waals surface area contributed by atoms with Crippen molar-refractivity contribution in [2.24, 2.45) is 11.7 Å². The molecule has 0 aromatic rings. The van der Waals surface area contributed by atoms with Gasteiger partial charge >= 0.3 is 12.1 Å². The summed E-state index contributed by atoms with van der Waals surface area (Å²) < 4.78 is 5.01. The molecule has 1 aliphatic carbocycles. The lowest BCUT2D eigenvalue weighted by atomic mass is 10.1. The maximum atomic E-state index is 11.6. The number of aliphatic carboxylic acids is 1. The standard InChI is InChI=1S/C11H18N2O5/c1-10(2,3)18-9(17)13-11(8(12)16)5-6(11)4-7(14)15/h6H,4-5H2,1-3H3,(H2,12,16)(H,13,17)(H,14,15)/t6-,11-/m1/s1. The third-order valence-electron chi connectivity index (χ3n) is 2.69. The lowest BCUT2D eigenvalue weighted by molar-refractivity contribution is -0.137. The molecular weight excluding hydrogens is 240 g/mol. The fourth-order valence-electron chi connectivity index (χ4n) is 1.79. The fourth-order valence-corrected chi connectivity index (χ4v) is 1.79. The first-order chi connectivity index (χ1) is 8.07. The number of carboxylic acids is 1. The number of carboxylic acid groups (broad SMARTS) is 1. The van der Waals surface area contributed by atoms with Crippen LogP contribution in [0.5, 0.6) is 0 Å². The van der Waals surface area contributed by atoms with Crippen LogP contribution in [0.3, 0.4) is 0 Å². The fraction of sp³-hybridized carbons (Fsp3) is 0.727. The Morgan fingerprint density at radius 1 is 1.44 bits per heavy atom. The summed E-state index contributed by atoms with van der Waals surface area (Å²) in [6, 6.07) is 0. The molecule has 0 aromatic carbocycles. The van der Waals surface area contributed by atoms with Gasteiger partial charge in [0.2, 0.25) is 5.91 Å². The molecule has 1 aliphatic rings. The first-order valence-electron chi connectivity index (χ1n) is 5.60. The molecule has 4 N–H and O–H groups in total. The van der Waals surface area contributed by atoms with Crippen LogP contribution in [0.1, 0.15) is 33.6 Å². The van der Waals surface area contributed by atoms with Crippen LogP contribution in [0.25, 0.3) is 0 Å². The molecule has 1 fully saturated rings. The van der Waals surface area contributed by atoms with Gasteiger partial charge in [-0.15, -0.1) is 0 Å². The van der Waals surface area contributed by atoms with Crippen LogP contribution in [0.15, 0.2) is 0 Å². The Bertz CT molecular complexity index is 387. The number of nitrogens with two attached hydrogens (primary N) is 1. The molecule has 0 aromatic heterocycles. The summed E-state index contributed by atoms with van der Waals surface area (Å²) in [5.74, 6) is -2.24. The molecule has 7 heteroatoms. The van der Waals surface area contributed by atoms with E-state index in [1.807, 2.05) is 0 Å². The number of alkyl carbamates (subject to hydrolysis) is 1. The predicted molar refractivity (Wildman–Crippen MR) is 61.7 cm³/mol. The second-order valence-corrected chi connectivity index (χ2v) is 5.46. The van der Waals surface area contributed by atoms with Gasteiger partial charge in [-0.1, -0.05) is 0 Å². The maximum Gasteiger partial charge on any atom is 0.408 e. The van der Waals surface area contributed by atoms with Gasteiger partial charge in [-0.2, -0.15) is 0 Å². The van der Waals surface area contributed by atoms with E-state index in [1.165, 1.54) is 0 Å². The first kappa shape index (κ1) is 14.3. The predicted octanol–water partition coefficient (Wildman–Crippen LogP) is 0.230. The van der Waals surface area contributed by atoms with Crippen molar-refractivity contribution in [2.45, 2.75) is 44.8 Å². The van der Waals surface area contributed by atoms with Gasteiger partial charge < -0.3 is 20.9 Å². The van der Waals surface area contributed by atoms with E-state index in [9.17, 15) is 14.4 Å². The average Bonchev–Trinajstić information content (AvgIpc) is 2.74. The molecule has 102 valence electrons. The van der Waals surface area contributed by atoms with Crippen molar-refractivity contribution in [2.75, 3.05) is 0 Å². The number of hydrogen-bond donors (Lipinski definition) is 3. The highest BCUT2D eigenvalue weighted by molar-refractivity contribution is 5.93. The molecule has 0 unspecified atom stereocenters. The number of carbonyl (C=O) groups is 3. The smallest absolute Gasteiger partial charge is 0.408 e. The van der Waals surface area contributed by atoms with Gasteiger partial charge in [-0.3, -0.25) is 9.59 Å². The molecule has 1 rings (SSSR count). The van der Waals surface area contributed by atoms with E-state index in [-0.39, 0.29) is 12.8 Å². The van der Waals surface area contributed by atoms with E-state index >= 15 is 0 Å². The Labute approximate surface area is 105 Å². The van der Waals surface area contributed by atoms with Crippen LogP contribution in [0.2, 0.25) is 0 Å². The zero-order chi connectivity index (χ0) is 14.1. The quantitative estimate of drug-likeness (QED) is 0.667. The molecular formula is C11H18N2O5. The van der Waals surface area contributed by atoms with Crippen molar-refractivity contribution in [3.8, 4) is 0 Å². The number of ether oxygens (including phenoxy) is 1. The van der Waals surface area contributed by atoms with Crippen molar-refractivity contribution in [1.82, 2.24) is 5.32 Å². The zero-order valence-electron chi connectivity index (χ0n) is 10.6. The largest absolute Gasteiger partial charge is 0.481 e. The van der Waals surface area contributed by atoms with E-state index < -0.39 is 35.0 Å². The third-order valence-corrected chi connectivity index (χ3v) is 2.69. The number of amides is 2. The third kappa shape index (κ3) is 3.35. The summed E-state index contributed by atoms with van der Waals surface area (Å²) >= 11 is 0. The molecule has 0 heterocycles.